The maximum Gasteiger partial charge on any atom is 0.328 e. The highest BCUT2D eigenvalue weighted by Gasteiger charge is 2.32. The molecule has 116 valence electrons. The van der Waals surface area contributed by atoms with E-state index >= 15 is 0 Å². The predicted molar refractivity (Wildman–Crippen MR) is 75.4 cm³/mol. The molecule has 0 bridgehead atoms. The fraction of sp³-hybridized carbons (Fsp3) is 0.857. The van der Waals surface area contributed by atoms with E-state index in [1.54, 1.807) is 4.90 Å². The molecule has 1 aliphatic rings. The van der Waals surface area contributed by atoms with Gasteiger partial charge in [0.25, 0.3) is 0 Å². The normalized spacial score (nSPS) is 20.4. The van der Waals surface area contributed by atoms with Gasteiger partial charge in [-0.25, -0.2) is 9.59 Å². The van der Waals surface area contributed by atoms with E-state index in [0.717, 1.165) is 12.8 Å². The summed E-state index contributed by atoms with van der Waals surface area (Å²) >= 11 is 0. The maximum absolute atomic E-state index is 12.0. The summed E-state index contributed by atoms with van der Waals surface area (Å²) in [5.74, 6) is -0.656. The third kappa shape index (κ3) is 4.37. The molecule has 1 saturated heterocycles. The Labute approximate surface area is 120 Å². The molecule has 6 nitrogen and oxygen atoms in total. The van der Waals surface area contributed by atoms with Crippen LogP contribution in [0.3, 0.4) is 0 Å². The number of aliphatic hydroxyl groups excluding tert-OH is 1. The summed E-state index contributed by atoms with van der Waals surface area (Å²) in [6.45, 7) is 9.19. The van der Waals surface area contributed by atoms with Gasteiger partial charge in [-0.2, -0.15) is 0 Å². The minimum atomic E-state index is -1.26. The van der Waals surface area contributed by atoms with Crippen LogP contribution in [0.5, 0.6) is 0 Å². The van der Waals surface area contributed by atoms with E-state index in [1.165, 1.54) is 6.92 Å². The van der Waals surface area contributed by atoms with E-state index < -0.39 is 24.1 Å². The van der Waals surface area contributed by atoms with Crippen molar-refractivity contribution >= 4 is 12.0 Å². The number of carboxylic acids is 1. The van der Waals surface area contributed by atoms with Crippen LogP contribution in [0.1, 0.15) is 40.5 Å². The SMILES string of the molecule is C[C@@H](O)[C@H](NC(=O)N1CCC(C(C)(C)C)CC1)C(=O)O. The molecule has 2 amide bonds. The molecule has 0 aliphatic carbocycles. The first kappa shape index (κ1) is 16.8. The minimum absolute atomic E-state index is 0.228. The summed E-state index contributed by atoms with van der Waals surface area (Å²) in [5, 5.41) is 20.7. The van der Waals surface area contributed by atoms with Gasteiger partial charge in [0.2, 0.25) is 0 Å². The van der Waals surface area contributed by atoms with E-state index in [9.17, 15) is 14.7 Å². The van der Waals surface area contributed by atoms with Gasteiger partial charge in [-0.1, -0.05) is 20.8 Å². The molecule has 0 spiro atoms. The van der Waals surface area contributed by atoms with Crippen molar-refractivity contribution in [2.75, 3.05) is 13.1 Å². The molecule has 0 saturated carbocycles. The summed E-state index contributed by atoms with van der Waals surface area (Å²) in [4.78, 5) is 24.6. The standard InChI is InChI=1S/C14H26N2O4/c1-9(17)11(12(18)19)15-13(20)16-7-5-10(6-8-16)14(2,3)4/h9-11,17H,5-8H2,1-4H3,(H,15,20)(H,18,19)/t9-,11+/m1/s1. The van der Waals surface area contributed by atoms with Crippen LogP contribution in [0.15, 0.2) is 0 Å². The molecular formula is C14H26N2O4. The Morgan fingerprint density at radius 3 is 2.10 bits per heavy atom. The van der Waals surface area contributed by atoms with Gasteiger partial charge in [-0.15, -0.1) is 0 Å². The molecule has 0 aromatic rings. The van der Waals surface area contributed by atoms with E-state index in [-0.39, 0.29) is 5.41 Å². The average molecular weight is 286 g/mol. The number of amides is 2. The van der Waals surface area contributed by atoms with Crippen molar-refractivity contribution in [2.24, 2.45) is 11.3 Å². The highest BCUT2D eigenvalue weighted by atomic mass is 16.4. The van der Waals surface area contributed by atoms with Crippen LogP contribution < -0.4 is 5.32 Å². The number of piperidine rings is 1. The number of carbonyl (C=O) groups excluding carboxylic acids is 1. The molecule has 20 heavy (non-hydrogen) atoms. The van der Waals surface area contributed by atoms with Crippen molar-refractivity contribution in [3.8, 4) is 0 Å². The van der Waals surface area contributed by atoms with E-state index in [4.69, 9.17) is 5.11 Å². The van der Waals surface area contributed by atoms with Crippen LogP contribution in [0, 0.1) is 11.3 Å². The fourth-order valence-electron chi connectivity index (χ4n) is 2.56. The number of carboxylic acid groups (broad SMARTS) is 1. The van der Waals surface area contributed by atoms with Crippen molar-refractivity contribution in [2.45, 2.75) is 52.7 Å². The minimum Gasteiger partial charge on any atom is -0.480 e. The molecule has 1 aliphatic heterocycles. The van der Waals surface area contributed by atoms with Crippen LogP contribution in [0.4, 0.5) is 4.79 Å². The van der Waals surface area contributed by atoms with Crippen molar-refractivity contribution in [1.29, 1.82) is 0 Å². The third-order valence-corrected chi connectivity index (χ3v) is 4.03. The maximum atomic E-state index is 12.0. The Kier molecular flexibility index (Phi) is 5.39. The highest BCUT2D eigenvalue weighted by Crippen LogP contribution is 2.34. The highest BCUT2D eigenvalue weighted by molar-refractivity contribution is 5.83. The van der Waals surface area contributed by atoms with Crippen molar-refractivity contribution < 1.29 is 19.8 Å². The van der Waals surface area contributed by atoms with Gasteiger partial charge in [-0.3, -0.25) is 0 Å². The predicted octanol–water partition coefficient (Wildman–Crippen LogP) is 1.29. The molecule has 1 fully saturated rings. The Morgan fingerprint density at radius 1 is 1.25 bits per heavy atom. The second-order valence-corrected chi connectivity index (χ2v) is 6.63. The smallest absolute Gasteiger partial charge is 0.328 e. The second kappa shape index (κ2) is 6.43. The quantitative estimate of drug-likeness (QED) is 0.729. The van der Waals surface area contributed by atoms with Gasteiger partial charge >= 0.3 is 12.0 Å². The molecule has 0 unspecified atom stereocenters. The van der Waals surface area contributed by atoms with Gasteiger partial charge in [0.15, 0.2) is 6.04 Å². The topological polar surface area (TPSA) is 89.9 Å². The van der Waals surface area contributed by atoms with E-state index in [1.807, 2.05) is 0 Å². The number of hydrogen-bond donors (Lipinski definition) is 3. The molecule has 0 aromatic heterocycles. The number of hydrogen-bond acceptors (Lipinski definition) is 3. The van der Waals surface area contributed by atoms with Gasteiger partial charge in [-0.05, 0) is 31.1 Å². The number of carbonyl (C=O) groups is 2. The van der Waals surface area contributed by atoms with Gasteiger partial charge in [0, 0.05) is 13.1 Å². The zero-order chi connectivity index (χ0) is 15.5. The summed E-state index contributed by atoms with van der Waals surface area (Å²) in [7, 11) is 0. The number of rotatable bonds is 3. The Hall–Kier alpha value is -1.30. The van der Waals surface area contributed by atoms with Gasteiger partial charge in [0.1, 0.15) is 0 Å². The third-order valence-electron chi connectivity index (χ3n) is 4.03. The van der Waals surface area contributed by atoms with Crippen LogP contribution in [0.2, 0.25) is 0 Å². The first-order valence-corrected chi connectivity index (χ1v) is 7.09. The van der Waals surface area contributed by atoms with Crippen LogP contribution in [0.25, 0.3) is 0 Å². The lowest BCUT2D eigenvalue weighted by Gasteiger charge is -2.39. The van der Waals surface area contributed by atoms with E-state index in [2.05, 4.69) is 26.1 Å². The first-order chi connectivity index (χ1) is 9.12. The number of likely N-dealkylation sites (tertiary alicyclic amines) is 1. The summed E-state index contributed by atoms with van der Waals surface area (Å²) < 4.78 is 0. The van der Waals surface area contributed by atoms with Crippen LogP contribution in [-0.2, 0) is 4.79 Å². The number of aliphatic hydroxyl groups is 1. The second-order valence-electron chi connectivity index (χ2n) is 6.63. The molecule has 0 radical (unpaired) electrons. The lowest BCUT2D eigenvalue weighted by Crippen LogP contribution is -2.54. The summed E-state index contributed by atoms with van der Waals surface area (Å²) in [6.07, 6.45) is 0.718. The average Bonchev–Trinajstić information content (AvgIpc) is 2.34. The van der Waals surface area contributed by atoms with E-state index in [0.29, 0.717) is 19.0 Å². The molecule has 6 heteroatoms. The fourth-order valence-corrected chi connectivity index (χ4v) is 2.56. The number of nitrogens with one attached hydrogen (secondary N) is 1. The first-order valence-electron chi connectivity index (χ1n) is 7.09. The van der Waals surface area contributed by atoms with Crippen LogP contribution in [-0.4, -0.2) is 52.3 Å². The molecule has 2 atom stereocenters. The van der Waals surface area contributed by atoms with Crippen molar-refractivity contribution in [3.05, 3.63) is 0 Å². The molecule has 1 heterocycles. The van der Waals surface area contributed by atoms with Crippen molar-refractivity contribution in [3.63, 3.8) is 0 Å². The molecule has 0 aromatic carbocycles. The lowest BCUT2D eigenvalue weighted by molar-refractivity contribution is -0.141. The molecule has 1 rings (SSSR count). The Morgan fingerprint density at radius 2 is 1.75 bits per heavy atom. The Balaban J connectivity index is 2.53. The largest absolute Gasteiger partial charge is 0.480 e. The lowest BCUT2D eigenvalue weighted by atomic mass is 9.75. The Bertz CT molecular complexity index is 355. The number of urea groups is 1. The number of nitrogens with zero attached hydrogens (tertiary/aromatic N) is 1. The summed E-state index contributed by atoms with van der Waals surface area (Å²) in [5.41, 5.74) is 0.228. The number of aliphatic carboxylic acids is 1. The zero-order valence-electron chi connectivity index (χ0n) is 12.7. The van der Waals surface area contributed by atoms with Gasteiger partial charge in [0.05, 0.1) is 6.10 Å². The molecule has 3 N–H and O–H groups in total. The van der Waals surface area contributed by atoms with Crippen molar-refractivity contribution in [1.82, 2.24) is 10.2 Å². The summed E-state index contributed by atoms with van der Waals surface area (Å²) in [6, 6.07) is -1.67. The van der Waals surface area contributed by atoms with Gasteiger partial charge < -0.3 is 20.4 Å². The monoisotopic (exact) mass is 286 g/mol. The van der Waals surface area contributed by atoms with Crippen LogP contribution >= 0.6 is 0 Å². The molecular weight excluding hydrogens is 260 g/mol. The zero-order valence-corrected chi connectivity index (χ0v) is 12.7.